The second kappa shape index (κ2) is 5.10. The van der Waals surface area contributed by atoms with Crippen LogP contribution in [0.15, 0.2) is 48.7 Å². The first-order valence-electron chi connectivity index (χ1n) is 6.27. The van der Waals surface area contributed by atoms with E-state index in [0.717, 1.165) is 10.9 Å². The average Bonchev–Trinajstić information content (AvgIpc) is 2.91. The van der Waals surface area contributed by atoms with Crippen molar-refractivity contribution < 1.29 is 9.18 Å². The van der Waals surface area contributed by atoms with E-state index in [9.17, 15) is 9.18 Å². The average molecular weight is 279 g/mol. The maximum absolute atomic E-state index is 13.5. The van der Waals surface area contributed by atoms with Crippen LogP contribution in [0.2, 0.25) is 0 Å². The highest BCUT2D eigenvalue weighted by Crippen LogP contribution is 2.22. The lowest BCUT2D eigenvalue weighted by Crippen LogP contribution is -2.12. The molecular formula is C16H10FN3O. The van der Waals surface area contributed by atoms with E-state index in [2.05, 4.69) is 10.3 Å². The summed E-state index contributed by atoms with van der Waals surface area (Å²) in [6, 6.07) is 13.2. The molecule has 3 rings (SSSR count). The van der Waals surface area contributed by atoms with Crippen molar-refractivity contribution in [1.82, 2.24) is 4.98 Å². The number of fused-ring (bicyclic) bond motifs is 1. The summed E-state index contributed by atoms with van der Waals surface area (Å²) in [5.74, 6) is -1.05. The fourth-order valence-electron chi connectivity index (χ4n) is 2.19. The Morgan fingerprint density at radius 3 is 2.81 bits per heavy atom. The summed E-state index contributed by atoms with van der Waals surface area (Å²) in [5.41, 5.74) is 1.26. The lowest BCUT2D eigenvalue weighted by Gasteiger charge is -2.06. The standard InChI is InChI=1S/C16H10FN3O/c17-13-5-3-7-15(11(13)8-18)20-16(21)12-9-19-14-6-2-1-4-10(12)14/h1-7,9,19H,(H,20,21). The summed E-state index contributed by atoms with van der Waals surface area (Å²) in [5, 5.41) is 12.3. The lowest BCUT2D eigenvalue weighted by molar-refractivity contribution is 0.102. The Morgan fingerprint density at radius 2 is 2.00 bits per heavy atom. The molecule has 2 N–H and O–H groups in total. The summed E-state index contributed by atoms with van der Waals surface area (Å²) in [6.45, 7) is 0. The molecule has 1 amide bonds. The van der Waals surface area contributed by atoms with Gasteiger partial charge in [0.05, 0.1) is 11.3 Å². The topological polar surface area (TPSA) is 68.7 Å². The van der Waals surface area contributed by atoms with E-state index < -0.39 is 11.7 Å². The molecular weight excluding hydrogens is 269 g/mol. The molecule has 0 unspecified atom stereocenters. The largest absolute Gasteiger partial charge is 0.360 e. The third-order valence-corrected chi connectivity index (χ3v) is 3.21. The number of nitriles is 1. The zero-order valence-corrected chi connectivity index (χ0v) is 10.9. The van der Waals surface area contributed by atoms with Crippen molar-refractivity contribution in [3.8, 4) is 6.07 Å². The zero-order chi connectivity index (χ0) is 14.8. The van der Waals surface area contributed by atoms with Crippen LogP contribution < -0.4 is 5.32 Å². The van der Waals surface area contributed by atoms with Gasteiger partial charge in [0, 0.05) is 17.1 Å². The van der Waals surface area contributed by atoms with E-state index in [4.69, 9.17) is 5.26 Å². The molecule has 1 aromatic heterocycles. The van der Waals surface area contributed by atoms with Gasteiger partial charge in [0.2, 0.25) is 0 Å². The monoisotopic (exact) mass is 279 g/mol. The molecule has 0 atom stereocenters. The van der Waals surface area contributed by atoms with Gasteiger partial charge in [-0.1, -0.05) is 24.3 Å². The molecule has 3 aromatic rings. The molecule has 0 radical (unpaired) electrons. The van der Waals surface area contributed by atoms with Crippen molar-refractivity contribution in [3.05, 3.63) is 65.6 Å². The molecule has 0 aliphatic heterocycles. The van der Waals surface area contributed by atoms with Crippen LogP contribution in [-0.2, 0) is 0 Å². The SMILES string of the molecule is N#Cc1c(F)cccc1NC(=O)c1c[nH]c2ccccc12. The number of aromatic amines is 1. The fraction of sp³-hybridized carbons (Fsp3) is 0. The minimum absolute atomic E-state index is 0.160. The van der Waals surface area contributed by atoms with E-state index in [1.165, 1.54) is 18.2 Å². The molecule has 4 nitrogen and oxygen atoms in total. The Labute approximate surface area is 119 Å². The number of rotatable bonds is 2. The van der Waals surface area contributed by atoms with E-state index in [1.54, 1.807) is 12.3 Å². The molecule has 5 heteroatoms. The summed E-state index contributed by atoms with van der Waals surface area (Å²) in [6.07, 6.45) is 1.59. The summed E-state index contributed by atoms with van der Waals surface area (Å²) in [4.78, 5) is 15.3. The van der Waals surface area contributed by atoms with Crippen LogP contribution in [0.5, 0.6) is 0 Å². The number of hydrogen-bond acceptors (Lipinski definition) is 2. The molecule has 21 heavy (non-hydrogen) atoms. The highest BCUT2D eigenvalue weighted by molar-refractivity contribution is 6.13. The van der Waals surface area contributed by atoms with Gasteiger partial charge >= 0.3 is 0 Å². The number of para-hydroxylation sites is 1. The maximum Gasteiger partial charge on any atom is 0.257 e. The van der Waals surface area contributed by atoms with Gasteiger partial charge in [-0.25, -0.2) is 4.39 Å². The molecule has 0 bridgehead atoms. The van der Waals surface area contributed by atoms with E-state index in [0.29, 0.717) is 5.56 Å². The molecule has 0 aliphatic carbocycles. The second-order valence-electron chi connectivity index (χ2n) is 4.48. The number of hydrogen-bond donors (Lipinski definition) is 2. The predicted molar refractivity (Wildman–Crippen MR) is 77.4 cm³/mol. The molecule has 0 aliphatic rings. The van der Waals surface area contributed by atoms with Crippen molar-refractivity contribution in [2.45, 2.75) is 0 Å². The Bertz CT molecular complexity index is 877. The van der Waals surface area contributed by atoms with Crippen LogP contribution in [0, 0.1) is 17.1 Å². The Balaban J connectivity index is 1.98. The number of amides is 1. The van der Waals surface area contributed by atoms with E-state index in [1.807, 2.05) is 24.3 Å². The number of H-pyrrole nitrogens is 1. The van der Waals surface area contributed by atoms with Crippen LogP contribution in [0.25, 0.3) is 10.9 Å². The minimum atomic E-state index is -0.658. The number of nitrogens with one attached hydrogen (secondary N) is 2. The molecule has 1 heterocycles. The summed E-state index contributed by atoms with van der Waals surface area (Å²) < 4.78 is 13.5. The molecule has 0 fully saturated rings. The smallest absolute Gasteiger partial charge is 0.257 e. The Morgan fingerprint density at radius 1 is 1.19 bits per heavy atom. The normalized spacial score (nSPS) is 10.3. The number of benzene rings is 2. The molecule has 0 spiro atoms. The van der Waals surface area contributed by atoms with Crippen LogP contribution in [0.1, 0.15) is 15.9 Å². The van der Waals surface area contributed by atoms with Gasteiger partial charge in [-0.3, -0.25) is 4.79 Å². The van der Waals surface area contributed by atoms with Gasteiger partial charge in [-0.15, -0.1) is 0 Å². The quantitative estimate of drug-likeness (QED) is 0.754. The van der Waals surface area contributed by atoms with Crippen molar-refractivity contribution >= 4 is 22.5 Å². The lowest BCUT2D eigenvalue weighted by atomic mass is 10.1. The van der Waals surface area contributed by atoms with Crippen molar-refractivity contribution in [3.63, 3.8) is 0 Å². The molecule has 102 valence electrons. The van der Waals surface area contributed by atoms with Gasteiger partial charge in [-0.2, -0.15) is 5.26 Å². The number of aromatic nitrogens is 1. The Hall–Kier alpha value is -3.13. The first-order valence-corrected chi connectivity index (χ1v) is 6.27. The number of nitrogens with zero attached hydrogens (tertiary/aromatic N) is 1. The number of anilines is 1. The van der Waals surface area contributed by atoms with Gasteiger partial charge in [-0.05, 0) is 18.2 Å². The van der Waals surface area contributed by atoms with Crippen LogP contribution in [0.3, 0.4) is 0 Å². The third-order valence-electron chi connectivity index (χ3n) is 3.21. The molecule has 0 saturated carbocycles. The van der Waals surface area contributed by atoms with Gasteiger partial charge in [0.25, 0.3) is 5.91 Å². The molecule has 2 aromatic carbocycles. The van der Waals surface area contributed by atoms with Gasteiger partial charge < -0.3 is 10.3 Å². The van der Waals surface area contributed by atoms with Crippen molar-refractivity contribution in [2.75, 3.05) is 5.32 Å². The minimum Gasteiger partial charge on any atom is -0.360 e. The number of carbonyl (C=O) groups is 1. The van der Waals surface area contributed by atoms with Crippen LogP contribution in [-0.4, -0.2) is 10.9 Å². The van der Waals surface area contributed by atoms with Crippen LogP contribution in [0.4, 0.5) is 10.1 Å². The number of carbonyl (C=O) groups excluding carboxylic acids is 1. The van der Waals surface area contributed by atoms with Crippen LogP contribution >= 0.6 is 0 Å². The number of halogens is 1. The van der Waals surface area contributed by atoms with Crippen molar-refractivity contribution in [2.24, 2.45) is 0 Å². The first kappa shape index (κ1) is 12.9. The third kappa shape index (κ3) is 2.23. The van der Waals surface area contributed by atoms with Gasteiger partial charge in [0.1, 0.15) is 17.4 Å². The predicted octanol–water partition coefficient (Wildman–Crippen LogP) is 3.43. The van der Waals surface area contributed by atoms with E-state index in [-0.39, 0.29) is 11.3 Å². The summed E-state index contributed by atoms with van der Waals surface area (Å²) in [7, 11) is 0. The highest BCUT2D eigenvalue weighted by Gasteiger charge is 2.15. The van der Waals surface area contributed by atoms with Crippen molar-refractivity contribution in [1.29, 1.82) is 5.26 Å². The maximum atomic E-state index is 13.5. The first-order chi connectivity index (χ1) is 10.2. The van der Waals surface area contributed by atoms with E-state index >= 15 is 0 Å². The second-order valence-corrected chi connectivity index (χ2v) is 4.48. The summed E-state index contributed by atoms with van der Waals surface area (Å²) >= 11 is 0. The Kier molecular flexibility index (Phi) is 3.13. The fourth-order valence-corrected chi connectivity index (χ4v) is 2.19. The zero-order valence-electron chi connectivity index (χ0n) is 10.9. The van der Waals surface area contributed by atoms with Gasteiger partial charge in [0.15, 0.2) is 0 Å². The highest BCUT2D eigenvalue weighted by atomic mass is 19.1. The molecule has 0 saturated heterocycles.